The molecule has 3 heteroatoms. The molecule has 1 aromatic carbocycles. The second-order valence-corrected chi connectivity index (χ2v) is 4.93. The zero-order valence-electron chi connectivity index (χ0n) is 11.2. The Balaban J connectivity index is 2.15. The lowest BCUT2D eigenvalue weighted by atomic mass is 9.84. The van der Waals surface area contributed by atoms with Crippen LogP contribution in [0.15, 0.2) is 24.3 Å². The van der Waals surface area contributed by atoms with Crippen LogP contribution in [-0.2, 0) is 0 Å². The summed E-state index contributed by atoms with van der Waals surface area (Å²) in [4.78, 5) is 0. The molecule has 0 heterocycles. The van der Waals surface area contributed by atoms with Crippen molar-refractivity contribution in [2.45, 2.75) is 44.6 Å². The average Bonchev–Trinajstić information content (AvgIpc) is 2.42. The maximum Gasteiger partial charge on any atom is 0.162 e. The summed E-state index contributed by atoms with van der Waals surface area (Å²) in [7, 11) is 0. The Morgan fingerprint density at radius 1 is 1.11 bits per heavy atom. The molecule has 0 radical (unpaired) electrons. The smallest absolute Gasteiger partial charge is 0.162 e. The first-order valence-corrected chi connectivity index (χ1v) is 6.90. The Kier molecular flexibility index (Phi) is 4.48. The van der Waals surface area contributed by atoms with Gasteiger partial charge in [0.2, 0.25) is 0 Å². The quantitative estimate of drug-likeness (QED) is 0.872. The first kappa shape index (κ1) is 13.2. The lowest BCUT2D eigenvalue weighted by Gasteiger charge is -2.37. The van der Waals surface area contributed by atoms with Gasteiger partial charge < -0.3 is 15.2 Å². The summed E-state index contributed by atoms with van der Waals surface area (Å²) in [5.74, 6) is 1.64. The monoisotopic (exact) mass is 249 g/mol. The van der Waals surface area contributed by atoms with Gasteiger partial charge in [-0.25, -0.2) is 0 Å². The second-order valence-electron chi connectivity index (χ2n) is 4.93. The van der Waals surface area contributed by atoms with Gasteiger partial charge in [0.1, 0.15) is 5.60 Å². The summed E-state index contributed by atoms with van der Waals surface area (Å²) < 4.78 is 11.8. The van der Waals surface area contributed by atoms with Crippen LogP contribution in [0.2, 0.25) is 0 Å². The van der Waals surface area contributed by atoms with Gasteiger partial charge >= 0.3 is 0 Å². The molecule has 0 saturated heterocycles. The van der Waals surface area contributed by atoms with Crippen LogP contribution >= 0.6 is 0 Å². The van der Waals surface area contributed by atoms with Crippen molar-refractivity contribution in [3.63, 3.8) is 0 Å². The fraction of sp³-hybridized carbons (Fsp3) is 0.600. The summed E-state index contributed by atoms with van der Waals surface area (Å²) in [5.41, 5.74) is 5.76. The van der Waals surface area contributed by atoms with Gasteiger partial charge in [0.05, 0.1) is 6.61 Å². The number of rotatable bonds is 5. The zero-order valence-corrected chi connectivity index (χ0v) is 11.2. The molecule has 100 valence electrons. The first-order valence-electron chi connectivity index (χ1n) is 6.90. The zero-order chi connectivity index (χ0) is 12.8. The molecule has 3 nitrogen and oxygen atoms in total. The highest BCUT2D eigenvalue weighted by Crippen LogP contribution is 2.36. The fourth-order valence-electron chi connectivity index (χ4n) is 2.59. The van der Waals surface area contributed by atoms with E-state index in [4.69, 9.17) is 15.2 Å². The highest BCUT2D eigenvalue weighted by molar-refractivity contribution is 5.40. The maximum absolute atomic E-state index is 6.23. The van der Waals surface area contributed by atoms with E-state index in [1.807, 2.05) is 31.2 Å². The van der Waals surface area contributed by atoms with Gasteiger partial charge in [-0.3, -0.25) is 0 Å². The Morgan fingerprint density at radius 2 is 1.78 bits per heavy atom. The van der Waals surface area contributed by atoms with Crippen molar-refractivity contribution in [2.24, 2.45) is 5.73 Å². The van der Waals surface area contributed by atoms with Crippen molar-refractivity contribution in [1.82, 2.24) is 0 Å². The van der Waals surface area contributed by atoms with Crippen molar-refractivity contribution in [1.29, 1.82) is 0 Å². The Labute approximate surface area is 109 Å². The number of hydrogen-bond donors (Lipinski definition) is 1. The minimum Gasteiger partial charge on any atom is -0.490 e. The van der Waals surface area contributed by atoms with E-state index in [0.717, 1.165) is 24.3 Å². The standard InChI is InChI=1S/C15H23NO2/c1-2-17-13-8-4-5-9-14(13)18-15(12-16)10-6-3-7-11-15/h4-5,8-9H,2-3,6-7,10-12,16H2,1H3. The van der Waals surface area contributed by atoms with Crippen LogP contribution < -0.4 is 15.2 Å². The van der Waals surface area contributed by atoms with E-state index in [1.165, 1.54) is 19.3 Å². The van der Waals surface area contributed by atoms with Crippen molar-refractivity contribution in [2.75, 3.05) is 13.2 Å². The van der Waals surface area contributed by atoms with Crippen LogP contribution in [0, 0.1) is 0 Å². The predicted octanol–water partition coefficient (Wildman–Crippen LogP) is 3.13. The second kappa shape index (κ2) is 6.10. The number of para-hydroxylation sites is 2. The topological polar surface area (TPSA) is 44.5 Å². The maximum atomic E-state index is 6.23. The van der Waals surface area contributed by atoms with Crippen molar-refractivity contribution in [3.05, 3.63) is 24.3 Å². The van der Waals surface area contributed by atoms with Crippen molar-refractivity contribution >= 4 is 0 Å². The first-order chi connectivity index (χ1) is 8.79. The van der Waals surface area contributed by atoms with E-state index in [0.29, 0.717) is 13.2 Å². The SMILES string of the molecule is CCOc1ccccc1OC1(CN)CCCCC1. The van der Waals surface area contributed by atoms with E-state index >= 15 is 0 Å². The van der Waals surface area contributed by atoms with Gasteiger partial charge in [0.25, 0.3) is 0 Å². The van der Waals surface area contributed by atoms with Gasteiger partial charge in [-0.1, -0.05) is 18.6 Å². The molecule has 1 fully saturated rings. The number of nitrogens with two attached hydrogens (primary N) is 1. The normalized spacial score (nSPS) is 18.3. The average molecular weight is 249 g/mol. The molecular weight excluding hydrogens is 226 g/mol. The van der Waals surface area contributed by atoms with E-state index < -0.39 is 0 Å². The predicted molar refractivity (Wildman–Crippen MR) is 73.1 cm³/mol. The van der Waals surface area contributed by atoms with E-state index in [2.05, 4.69) is 0 Å². The minimum absolute atomic E-state index is 0.189. The molecule has 0 unspecified atom stereocenters. The van der Waals surface area contributed by atoms with Gasteiger partial charge in [-0.05, 0) is 44.7 Å². The third kappa shape index (κ3) is 2.96. The lowest BCUT2D eigenvalue weighted by molar-refractivity contribution is 0.0356. The summed E-state index contributed by atoms with van der Waals surface area (Å²) in [6.45, 7) is 3.21. The highest BCUT2D eigenvalue weighted by Gasteiger charge is 2.33. The van der Waals surface area contributed by atoms with Gasteiger partial charge in [0.15, 0.2) is 11.5 Å². The van der Waals surface area contributed by atoms with Gasteiger partial charge in [-0.2, -0.15) is 0 Å². The Hall–Kier alpha value is -1.22. The molecule has 0 amide bonds. The fourth-order valence-corrected chi connectivity index (χ4v) is 2.59. The molecule has 2 rings (SSSR count). The third-order valence-electron chi connectivity index (χ3n) is 3.61. The Bertz CT molecular complexity index is 373. The van der Waals surface area contributed by atoms with E-state index in [1.54, 1.807) is 0 Å². The highest BCUT2D eigenvalue weighted by atomic mass is 16.5. The molecule has 0 atom stereocenters. The molecule has 0 spiro atoms. The number of hydrogen-bond acceptors (Lipinski definition) is 3. The third-order valence-corrected chi connectivity index (χ3v) is 3.61. The summed E-state index contributed by atoms with van der Waals surface area (Å²) in [6, 6.07) is 7.86. The van der Waals surface area contributed by atoms with Crippen LogP contribution in [-0.4, -0.2) is 18.8 Å². The minimum atomic E-state index is -0.189. The largest absolute Gasteiger partial charge is 0.490 e. The molecule has 1 saturated carbocycles. The molecule has 1 aromatic rings. The molecule has 18 heavy (non-hydrogen) atoms. The van der Waals surface area contributed by atoms with Crippen LogP contribution in [0.4, 0.5) is 0 Å². The molecule has 2 N–H and O–H groups in total. The Morgan fingerprint density at radius 3 is 2.39 bits per heavy atom. The lowest BCUT2D eigenvalue weighted by Crippen LogP contribution is -2.45. The summed E-state index contributed by atoms with van der Waals surface area (Å²) in [5, 5.41) is 0. The molecule has 0 bridgehead atoms. The van der Waals surface area contributed by atoms with Gasteiger partial charge in [0, 0.05) is 6.54 Å². The molecular formula is C15H23NO2. The number of ether oxygens (including phenoxy) is 2. The van der Waals surface area contributed by atoms with Crippen LogP contribution in [0.5, 0.6) is 11.5 Å². The summed E-state index contributed by atoms with van der Waals surface area (Å²) in [6.07, 6.45) is 5.79. The van der Waals surface area contributed by atoms with Crippen molar-refractivity contribution < 1.29 is 9.47 Å². The van der Waals surface area contributed by atoms with Crippen molar-refractivity contribution in [3.8, 4) is 11.5 Å². The molecule has 1 aliphatic carbocycles. The van der Waals surface area contributed by atoms with Crippen LogP contribution in [0.25, 0.3) is 0 Å². The molecule has 1 aliphatic rings. The van der Waals surface area contributed by atoms with Crippen LogP contribution in [0.1, 0.15) is 39.0 Å². The van der Waals surface area contributed by atoms with Gasteiger partial charge in [-0.15, -0.1) is 0 Å². The van der Waals surface area contributed by atoms with E-state index in [-0.39, 0.29) is 5.60 Å². The van der Waals surface area contributed by atoms with Crippen LogP contribution in [0.3, 0.4) is 0 Å². The summed E-state index contributed by atoms with van der Waals surface area (Å²) >= 11 is 0. The molecule has 0 aromatic heterocycles. The number of benzene rings is 1. The molecule has 0 aliphatic heterocycles. The van der Waals surface area contributed by atoms with E-state index in [9.17, 15) is 0 Å².